The maximum Gasteiger partial charge on any atom is 0.253 e. The van der Waals surface area contributed by atoms with Gasteiger partial charge < -0.3 is 19.3 Å². The molecule has 2 saturated heterocycles. The minimum absolute atomic E-state index is 0.0492. The fraction of sp³-hybridized carbons (Fsp3) is 0.450. The quantitative estimate of drug-likeness (QED) is 0.821. The van der Waals surface area contributed by atoms with E-state index in [1.54, 1.807) is 0 Å². The van der Waals surface area contributed by atoms with Crippen LogP contribution in [0.15, 0.2) is 36.7 Å². The predicted octanol–water partition coefficient (Wildman–Crippen LogP) is 1.92. The van der Waals surface area contributed by atoms with Crippen molar-refractivity contribution in [3.63, 3.8) is 0 Å². The zero-order chi connectivity index (χ0) is 18.6. The maximum absolute atomic E-state index is 12.6. The van der Waals surface area contributed by atoms with E-state index in [1.807, 2.05) is 42.2 Å². The number of anilines is 1. The summed E-state index contributed by atoms with van der Waals surface area (Å²) in [6, 6.07) is 9.56. The molecule has 7 heteroatoms. The standard InChI is InChI=1S/C20H24N4O3/c1-15-2-4-16(5-3-15)20(25)24-7-6-17(13-24)27-19-12-18(21-14-22-19)23-8-10-26-11-9-23/h2-5,12,14,17H,6-11,13H2,1H3. The number of benzene rings is 1. The van der Waals surface area contributed by atoms with E-state index >= 15 is 0 Å². The third kappa shape index (κ3) is 4.19. The number of carbonyl (C=O) groups excluding carboxylic acids is 1. The van der Waals surface area contributed by atoms with E-state index in [4.69, 9.17) is 9.47 Å². The van der Waals surface area contributed by atoms with Gasteiger partial charge in [0, 0.05) is 37.7 Å². The molecule has 1 aromatic carbocycles. The lowest BCUT2D eigenvalue weighted by Gasteiger charge is -2.27. The summed E-state index contributed by atoms with van der Waals surface area (Å²) < 4.78 is 11.4. The van der Waals surface area contributed by atoms with Crippen LogP contribution in [0.2, 0.25) is 0 Å². The Balaban J connectivity index is 1.37. The molecular weight excluding hydrogens is 344 g/mol. The minimum Gasteiger partial charge on any atom is -0.472 e. The molecule has 7 nitrogen and oxygen atoms in total. The minimum atomic E-state index is -0.0492. The Morgan fingerprint density at radius 3 is 2.70 bits per heavy atom. The second kappa shape index (κ2) is 7.92. The monoisotopic (exact) mass is 368 g/mol. The molecule has 0 spiro atoms. The van der Waals surface area contributed by atoms with Crippen LogP contribution in [0.4, 0.5) is 5.82 Å². The summed E-state index contributed by atoms with van der Waals surface area (Å²) in [6.45, 7) is 6.33. The van der Waals surface area contributed by atoms with Crippen LogP contribution >= 0.6 is 0 Å². The zero-order valence-electron chi connectivity index (χ0n) is 15.5. The lowest BCUT2D eigenvalue weighted by atomic mass is 10.1. The van der Waals surface area contributed by atoms with Crippen molar-refractivity contribution in [1.29, 1.82) is 0 Å². The Kier molecular flexibility index (Phi) is 5.20. The largest absolute Gasteiger partial charge is 0.472 e. The van der Waals surface area contributed by atoms with Crippen LogP contribution in [0.25, 0.3) is 0 Å². The highest BCUT2D eigenvalue weighted by Gasteiger charge is 2.28. The average Bonchev–Trinajstić information content (AvgIpc) is 3.17. The van der Waals surface area contributed by atoms with E-state index in [9.17, 15) is 4.79 Å². The molecule has 2 aromatic rings. The van der Waals surface area contributed by atoms with Crippen LogP contribution in [0.3, 0.4) is 0 Å². The van der Waals surface area contributed by atoms with Gasteiger partial charge in [-0.25, -0.2) is 9.97 Å². The van der Waals surface area contributed by atoms with Gasteiger partial charge in [-0.3, -0.25) is 4.79 Å². The van der Waals surface area contributed by atoms with Crippen molar-refractivity contribution in [3.05, 3.63) is 47.8 Å². The van der Waals surface area contributed by atoms with E-state index < -0.39 is 0 Å². The number of hydrogen-bond donors (Lipinski definition) is 0. The number of nitrogens with zero attached hydrogens (tertiary/aromatic N) is 4. The first-order valence-corrected chi connectivity index (χ1v) is 9.36. The van der Waals surface area contributed by atoms with Gasteiger partial charge >= 0.3 is 0 Å². The normalized spacial score (nSPS) is 20.0. The van der Waals surface area contributed by atoms with Crippen LogP contribution in [-0.2, 0) is 4.74 Å². The van der Waals surface area contributed by atoms with Crippen LogP contribution in [-0.4, -0.2) is 66.3 Å². The van der Waals surface area contributed by atoms with Gasteiger partial charge in [0.2, 0.25) is 5.88 Å². The lowest BCUT2D eigenvalue weighted by molar-refractivity contribution is 0.0771. The Morgan fingerprint density at radius 2 is 1.93 bits per heavy atom. The summed E-state index contributed by atoms with van der Waals surface area (Å²) in [6.07, 6.45) is 2.28. The number of ether oxygens (including phenoxy) is 2. The van der Waals surface area contributed by atoms with E-state index in [-0.39, 0.29) is 12.0 Å². The smallest absolute Gasteiger partial charge is 0.253 e. The number of aryl methyl sites for hydroxylation is 1. The molecule has 0 aliphatic carbocycles. The Morgan fingerprint density at radius 1 is 1.15 bits per heavy atom. The fourth-order valence-corrected chi connectivity index (χ4v) is 3.42. The second-order valence-corrected chi connectivity index (χ2v) is 6.96. The van der Waals surface area contributed by atoms with E-state index in [0.717, 1.165) is 36.5 Å². The van der Waals surface area contributed by atoms with Crippen LogP contribution in [0.5, 0.6) is 5.88 Å². The number of carbonyl (C=O) groups is 1. The van der Waals surface area contributed by atoms with Gasteiger partial charge in [0.1, 0.15) is 18.2 Å². The Labute approximate surface area is 158 Å². The van der Waals surface area contributed by atoms with E-state index in [2.05, 4.69) is 14.9 Å². The van der Waals surface area contributed by atoms with Crippen LogP contribution in [0, 0.1) is 6.92 Å². The van der Waals surface area contributed by atoms with Gasteiger partial charge in [0.25, 0.3) is 5.91 Å². The molecule has 1 atom stereocenters. The first-order chi connectivity index (χ1) is 13.2. The number of hydrogen-bond acceptors (Lipinski definition) is 6. The first kappa shape index (κ1) is 17.7. The van der Waals surface area contributed by atoms with Gasteiger partial charge in [-0.05, 0) is 19.1 Å². The highest BCUT2D eigenvalue weighted by atomic mass is 16.5. The van der Waals surface area contributed by atoms with Crippen molar-refractivity contribution >= 4 is 11.7 Å². The van der Waals surface area contributed by atoms with Gasteiger partial charge in [0.15, 0.2) is 0 Å². The summed E-state index contributed by atoms with van der Waals surface area (Å²) in [4.78, 5) is 25.2. The summed E-state index contributed by atoms with van der Waals surface area (Å²) >= 11 is 0. The van der Waals surface area contributed by atoms with E-state index in [1.165, 1.54) is 6.33 Å². The molecular formula is C20H24N4O3. The molecule has 27 heavy (non-hydrogen) atoms. The molecule has 2 fully saturated rings. The summed E-state index contributed by atoms with van der Waals surface area (Å²) in [7, 11) is 0. The van der Waals surface area contributed by atoms with Crippen molar-refractivity contribution in [2.24, 2.45) is 0 Å². The molecule has 1 aromatic heterocycles. The molecule has 142 valence electrons. The van der Waals surface area contributed by atoms with E-state index in [0.29, 0.717) is 32.2 Å². The predicted molar refractivity (Wildman–Crippen MR) is 101 cm³/mol. The van der Waals surface area contributed by atoms with Crippen LogP contribution in [0.1, 0.15) is 22.3 Å². The Hall–Kier alpha value is -2.67. The highest BCUT2D eigenvalue weighted by Crippen LogP contribution is 2.22. The van der Waals surface area contributed by atoms with Gasteiger partial charge in [-0.15, -0.1) is 0 Å². The molecule has 2 aliphatic rings. The summed E-state index contributed by atoms with van der Waals surface area (Å²) in [5, 5.41) is 0. The molecule has 1 amide bonds. The SMILES string of the molecule is Cc1ccc(C(=O)N2CCC(Oc3cc(N4CCOCC4)ncn3)C2)cc1. The molecule has 4 rings (SSSR count). The third-order valence-corrected chi connectivity index (χ3v) is 4.98. The molecule has 0 radical (unpaired) electrons. The number of rotatable bonds is 4. The molecule has 0 saturated carbocycles. The summed E-state index contributed by atoms with van der Waals surface area (Å²) in [5.74, 6) is 1.47. The lowest BCUT2D eigenvalue weighted by Crippen LogP contribution is -2.36. The van der Waals surface area contributed by atoms with Gasteiger partial charge in [-0.1, -0.05) is 17.7 Å². The van der Waals surface area contributed by atoms with Crippen molar-refractivity contribution < 1.29 is 14.3 Å². The van der Waals surface area contributed by atoms with Crippen molar-refractivity contribution in [3.8, 4) is 5.88 Å². The second-order valence-electron chi connectivity index (χ2n) is 6.96. The van der Waals surface area contributed by atoms with Gasteiger partial charge in [-0.2, -0.15) is 0 Å². The molecule has 0 N–H and O–H groups in total. The fourth-order valence-electron chi connectivity index (χ4n) is 3.42. The Bertz CT molecular complexity index is 790. The third-order valence-electron chi connectivity index (χ3n) is 4.98. The van der Waals surface area contributed by atoms with Crippen molar-refractivity contribution in [1.82, 2.24) is 14.9 Å². The van der Waals surface area contributed by atoms with Crippen LogP contribution < -0.4 is 9.64 Å². The van der Waals surface area contributed by atoms with Gasteiger partial charge in [0.05, 0.1) is 19.8 Å². The van der Waals surface area contributed by atoms with Crippen molar-refractivity contribution in [2.45, 2.75) is 19.4 Å². The topological polar surface area (TPSA) is 67.8 Å². The molecule has 0 bridgehead atoms. The summed E-state index contributed by atoms with van der Waals surface area (Å²) in [5.41, 5.74) is 1.87. The number of likely N-dealkylation sites (tertiary alicyclic amines) is 1. The zero-order valence-corrected chi connectivity index (χ0v) is 15.5. The molecule has 1 unspecified atom stereocenters. The number of aromatic nitrogens is 2. The first-order valence-electron chi connectivity index (χ1n) is 9.36. The molecule has 3 heterocycles. The number of morpholine rings is 1. The van der Waals surface area contributed by atoms with Crippen molar-refractivity contribution in [2.75, 3.05) is 44.3 Å². The number of amides is 1. The highest BCUT2D eigenvalue weighted by molar-refractivity contribution is 5.94. The maximum atomic E-state index is 12.6. The molecule has 2 aliphatic heterocycles. The average molecular weight is 368 g/mol.